The number of amides is 1. The van der Waals surface area contributed by atoms with Gasteiger partial charge in [0.05, 0.1) is 6.54 Å². The number of piperidine rings is 1. The molecule has 2 aliphatic heterocycles. The van der Waals surface area contributed by atoms with E-state index in [2.05, 4.69) is 62.6 Å². The topological polar surface area (TPSA) is 51.2 Å². The summed E-state index contributed by atoms with van der Waals surface area (Å²) in [5, 5.41) is 6.04. The van der Waals surface area contributed by atoms with E-state index < -0.39 is 0 Å². The number of nitrogens with one attached hydrogen (secondary N) is 1. The molecule has 0 spiro atoms. The van der Waals surface area contributed by atoms with Gasteiger partial charge in [-0.15, -0.1) is 0 Å². The molecule has 30 heavy (non-hydrogen) atoms. The van der Waals surface area contributed by atoms with Crippen LogP contribution in [0.2, 0.25) is 0 Å². The van der Waals surface area contributed by atoms with Crippen LogP contribution in [0.15, 0.2) is 47.5 Å². The van der Waals surface area contributed by atoms with Gasteiger partial charge < -0.3 is 15.1 Å². The number of benzene rings is 2. The van der Waals surface area contributed by atoms with E-state index >= 15 is 0 Å². The van der Waals surface area contributed by atoms with Crippen molar-refractivity contribution in [2.45, 2.75) is 25.8 Å². The molecular weight excluding hydrogens is 374 g/mol. The standard InChI is InChI=1S/C24H33N5O/c1-25-24(26-18-20-9-10-21-7-3-4-8-22(21)17-20)29-15-13-27(14-16-29)19-23(30)28-11-5-2-6-12-28/h3-4,7-10,17H,2,5-6,11-16,18-19H2,1H3,(H,25,26). The molecule has 2 aliphatic rings. The first-order valence-electron chi connectivity index (χ1n) is 11.2. The zero-order valence-electron chi connectivity index (χ0n) is 18.0. The molecule has 0 aromatic heterocycles. The SMILES string of the molecule is CN=C(NCc1ccc2ccccc2c1)N1CCN(CC(=O)N2CCCCC2)CC1. The van der Waals surface area contributed by atoms with Crippen molar-refractivity contribution in [3.05, 3.63) is 48.0 Å². The summed E-state index contributed by atoms with van der Waals surface area (Å²) in [6, 6.07) is 15.0. The molecule has 0 bridgehead atoms. The second-order valence-corrected chi connectivity index (χ2v) is 8.29. The molecule has 160 valence electrons. The van der Waals surface area contributed by atoms with Crippen molar-refractivity contribution in [1.29, 1.82) is 0 Å². The Morgan fingerprint density at radius 1 is 0.900 bits per heavy atom. The summed E-state index contributed by atoms with van der Waals surface area (Å²) < 4.78 is 0. The Hall–Kier alpha value is -2.60. The minimum Gasteiger partial charge on any atom is -0.352 e. The van der Waals surface area contributed by atoms with Gasteiger partial charge in [0, 0.05) is 52.9 Å². The van der Waals surface area contributed by atoms with Crippen LogP contribution in [-0.2, 0) is 11.3 Å². The van der Waals surface area contributed by atoms with Gasteiger partial charge in [-0.3, -0.25) is 14.7 Å². The van der Waals surface area contributed by atoms with Crippen LogP contribution in [0.4, 0.5) is 0 Å². The number of carbonyl (C=O) groups is 1. The Balaban J connectivity index is 1.25. The number of carbonyl (C=O) groups excluding carboxylic acids is 1. The number of hydrogen-bond acceptors (Lipinski definition) is 3. The second kappa shape index (κ2) is 9.94. The maximum absolute atomic E-state index is 12.5. The number of piperazine rings is 1. The number of likely N-dealkylation sites (tertiary alicyclic amines) is 1. The van der Waals surface area contributed by atoms with Gasteiger partial charge in [0.25, 0.3) is 0 Å². The molecule has 0 radical (unpaired) electrons. The largest absolute Gasteiger partial charge is 0.352 e. The fourth-order valence-corrected chi connectivity index (χ4v) is 4.41. The summed E-state index contributed by atoms with van der Waals surface area (Å²) in [6.45, 7) is 6.76. The third-order valence-electron chi connectivity index (χ3n) is 6.22. The molecule has 2 aromatic carbocycles. The summed E-state index contributed by atoms with van der Waals surface area (Å²) in [6.07, 6.45) is 3.56. The van der Waals surface area contributed by atoms with E-state index in [4.69, 9.17) is 0 Å². The smallest absolute Gasteiger partial charge is 0.236 e. The molecule has 2 fully saturated rings. The number of rotatable bonds is 4. The Morgan fingerprint density at radius 2 is 1.63 bits per heavy atom. The summed E-state index contributed by atoms with van der Waals surface area (Å²) in [7, 11) is 1.84. The van der Waals surface area contributed by atoms with Crippen molar-refractivity contribution in [3.8, 4) is 0 Å². The third-order valence-corrected chi connectivity index (χ3v) is 6.22. The van der Waals surface area contributed by atoms with Gasteiger partial charge in [-0.25, -0.2) is 0 Å². The lowest BCUT2D eigenvalue weighted by Crippen LogP contribution is -2.54. The van der Waals surface area contributed by atoms with Gasteiger partial charge >= 0.3 is 0 Å². The highest BCUT2D eigenvalue weighted by Crippen LogP contribution is 2.16. The zero-order valence-corrected chi connectivity index (χ0v) is 18.0. The van der Waals surface area contributed by atoms with Crippen molar-refractivity contribution in [2.24, 2.45) is 4.99 Å². The summed E-state index contributed by atoms with van der Waals surface area (Å²) in [5.41, 5.74) is 1.25. The van der Waals surface area contributed by atoms with E-state index in [0.29, 0.717) is 12.5 Å². The molecule has 0 saturated carbocycles. The fourth-order valence-electron chi connectivity index (χ4n) is 4.41. The number of guanidine groups is 1. The van der Waals surface area contributed by atoms with Crippen molar-refractivity contribution < 1.29 is 4.79 Å². The van der Waals surface area contributed by atoms with Crippen molar-refractivity contribution in [3.63, 3.8) is 0 Å². The van der Waals surface area contributed by atoms with Crippen LogP contribution in [0.5, 0.6) is 0 Å². The van der Waals surface area contributed by atoms with E-state index in [1.54, 1.807) is 0 Å². The van der Waals surface area contributed by atoms with Crippen LogP contribution in [0.1, 0.15) is 24.8 Å². The lowest BCUT2D eigenvalue weighted by atomic mass is 10.1. The van der Waals surface area contributed by atoms with Crippen LogP contribution < -0.4 is 5.32 Å². The summed E-state index contributed by atoms with van der Waals surface area (Å²) in [4.78, 5) is 23.6. The Bertz CT molecular complexity index is 882. The number of aliphatic imine (C=N–C) groups is 1. The van der Waals surface area contributed by atoms with Crippen LogP contribution in [0.25, 0.3) is 10.8 Å². The molecule has 6 heteroatoms. The summed E-state index contributed by atoms with van der Waals surface area (Å²) >= 11 is 0. The van der Waals surface area contributed by atoms with Crippen LogP contribution >= 0.6 is 0 Å². The zero-order chi connectivity index (χ0) is 20.8. The van der Waals surface area contributed by atoms with Crippen molar-refractivity contribution in [1.82, 2.24) is 20.0 Å². The highest BCUT2D eigenvalue weighted by molar-refractivity contribution is 5.83. The summed E-state index contributed by atoms with van der Waals surface area (Å²) in [5.74, 6) is 1.23. The van der Waals surface area contributed by atoms with E-state index in [-0.39, 0.29) is 0 Å². The lowest BCUT2D eigenvalue weighted by molar-refractivity contribution is -0.133. The Kier molecular flexibility index (Phi) is 6.84. The van der Waals surface area contributed by atoms with Gasteiger partial charge in [-0.1, -0.05) is 36.4 Å². The Labute approximate surface area is 179 Å². The van der Waals surface area contributed by atoms with Gasteiger partial charge in [0.2, 0.25) is 5.91 Å². The maximum atomic E-state index is 12.5. The Morgan fingerprint density at radius 3 is 2.37 bits per heavy atom. The van der Waals surface area contributed by atoms with Gasteiger partial charge in [-0.2, -0.15) is 0 Å². The average Bonchev–Trinajstić information content (AvgIpc) is 2.81. The monoisotopic (exact) mass is 407 g/mol. The molecule has 0 unspecified atom stereocenters. The number of hydrogen-bond donors (Lipinski definition) is 1. The maximum Gasteiger partial charge on any atom is 0.236 e. The minimum absolute atomic E-state index is 0.293. The number of nitrogens with zero attached hydrogens (tertiary/aromatic N) is 4. The normalized spacial score (nSPS) is 18.6. The van der Waals surface area contributed by atoms with Gasteiger partial charge in [-0.05, 0) is 41.7 Å². The van der Waals surface area contributed by atoms with E-state index in [1.165, 1.54) is 22.8 Å². The highest BCUT2D eigenvalue weighted by Gasteiger charge is 2.24. The van der Waals surface area contributed by atoms with Gasteiger partial charge in [0.15, 0.2) is 5.96 Å². The first-order chi connectivity index (χ1) is 14.7. The molecule has 1 N–H and O–H groups in total. The first-order valence-corrected chi connectivity index (χ1v) is 11.2. The molecule has 1 amide bonds. The molecule has 6 nitrogen and oxygen atoms in total. The molecule has 0 atom stereocenters. The molecule has 2 heterocycles. The first kappa shape index (κ1) is 20.7. The predicted octanol–water partition coefficient (Wildman–Crippen LogP) is 2.55. The highest BCUT2D eigenvalue weighted by atomic mass is 16.2. The van der Waals surface area contributed by atoms with Crippen molar-refractivity contribution in [2.75, 3.05) is 52.9 Å². The lowest BCUT2D eigenvalue weighted by Gasteiger charge is -2.37. The molecule has 2 saturated heterocycles. The van der Waals surface area contributed by atoms with Crippen LogP contribution in [-0.4, -0.2) is 79.4 Å². The predicted molar refractivity (Wildman–Crippen MR) is 123 cm³/mol. The molecule has 2 aromatic rings. The molecule has 4 rings (SSSR count). The average molecular weight is 408 g/mol. The van der Waals surface area contributed by atoms with E-state index in [0.717, 1.165) is 64.6 Å². The van der Waals surface area contributed by atoms with Crippen molar-refractivity contribution >= 4 is 22.6 Å². The third kappa shape index (κ3) is 5.11. The van der Waals surface area contributed by atoms with Crippen LogP contribution in [0, 0.1) is 0 Å². The van der Waals surface area contributed by atoms with Gasteiger partial charge in [0.1, 0.15) is 0 Å². The van der Waals surface area contributed by atoms with E-state index in [1.807, 2.05) is 11.9 Å². The second-order valence-electron chi connectivity index (χ2n) is 8.29. The van der Waals surface area contributed by atoms with Crippen LogP contribution in [0.3, 0.4) is 0 Å². The fraction of sp³-hybridized carbons (Fsp3) is 0.500. The van der Waals surface area contributed by atoms with E-state index in [9.17, 15) is 4.79 Å². The number of fused-ring (bicyclic) bond motifs is 1. The minimum atomic E-state index is 0.293. The molecular formula is C24H33N5O. The quantitative estimate of drug-likeness (QED) is 0.625. The molecule has 0 aliphatic carbocycles.